The lowest BCUT2D eigenvalue weighted by atomic mass is 9.94. The van der Waals surface area contributed by atoms with Crippen molar-refractivity contribution >= 4 is 11.7 Å². The SMILES string of the molecule is CC(=O)N1CCCC[C@@H]1c1ccc(N2CCCCC2)nc1C. The summed E-state index contributed by atoms with van der Waals surface area (Å²) < 4.78 is 0. The van der Waals surface area contributed by atoms with E-state index < -0.39 is 0 Å². The van der Waals surface area contributed by atoms with Crippen LogP contribution in [0.3, 0.4) is 0 Å². The molecule has 4 nitrogen and oxygen atoms in total. The van der Waals surface area contributed by atoms with E-state index in [0.29, 0.717) is 0 Å². The number of amides is 1. The fourth-order valence-electron chi connectivity index (χ4n) is 3.84. The number of anilines is 1. The summed E-state index contributed by atoms with van der Waals surface area (Å²) in [6.45, 7) is 6.90. The van der Waals surface area contributed by atoms with Crippen molar-refractivity contribution in [2.45, 2.75) is 58.4 Å². The van der Waals surface area contributed by atoms with Crippen LogP contribution in [0.4, 0.5) is 5.82 Å². The van der Waals surface area contributed by atoms with Gasteiger partial charge >= 0.3 is 0 Å². The lowest BCUT2D eigenvalue weighted by molar-refractivity contribution is -0.132. The summed E-state index contributed by atoms with van der Waals surface area (Å²) in [5, 5.41) is 0. The van der Waals surface area contributed by atoms with E-state index >= 15 is 0 Å². The Kier molecular flexibility index (Phi) is 4.65. The third-order valence-electron chi connectivity index (χ3n) is 5.06. The van der Waals surface area contributed by atoms with Crippen molar-refractivity contribution < 1.29 is 4.79 Å². The molecule has 1 atom stereocenters. The van der Waals surface area contributed by atoms with Crippen LogP contribution in [0.1, 0.15) is 62.7 Å². The highest BCUT2D eigenvalue weighted by atomic mass is 16.2. The molecule has 1 aromatic heterocycles. The third-order valence-corrected chi connectivity index (χ3v) is 5.06. The van der Waals surface area contributed by atoms with Crippen molar-refractivity contribution in [1.29, 1.82) is 0 Å². The van der Waals surface area contributed by atoms with Crippen molar-refractivity contribution in [3.05, 3.63) is 23.4 Å². The number of carbonyl (C=O) groups excluding carboxylic acids is 1. The van der Waals surface area contributed by atoms with Gasteiger partial charge in [0.1, 0.15) is 5.82 Å². The fraction of sp³-hybridized carbons (Fsp3) is 0.667. The number of carbonyl (C=O) groups is 1. The maximum absolute atomic E-state index is 11.9. The molecule has 2 aliphatic rings. The molecule has 0 unspecified atom stereocenters. The molecule has 0 aromatic carbocycles. The van der Waals surface area contributed by atoms with Crippen LogP contribution in [0.25, 0.3) is 0 Å². The number of nitrogens with zero attached hydrogens (tertiary/aromatic N) is 3. The van der Waals surface area contributed by atoms with E-state index in [0.717, 1.165) is 44.0 Å². The molecule has 1 aromatic rings. The van der Waals surface area contributed by atoms with Crippen LogP contribution >= 0.6 is 0 Å². The molecule has 2 fully saturated rings. The Balaban J connectivity index is 1.83. The summed E-state index contributed by atoms with van der Waals surface area (Å²) in [4.78, 5) is 21.2. The van der Waals surface area contributed by atoms with Gasteiger partial charge in [-0.15, -0.1) is 0 Å². The summed E-state index contributed by atoms with van der Waals surface area (Å²) >= 11 is 0. The summed E-state index contributed by atoms with van der Waals surface area (Å²) in [5.74, 6) is 1.29. The Morgan fingerprint density at radius 1 is 1.09 bits per heavy atom. The van der Waals surface area contributed by atoms with Gasteiger partial charge in [0.2, 0.25) is 5.91 Å². The zero-order chi connectivity index (χ0) is 15.5. The van der Waals surface area contributed by atoms with Gasteiger partial charge in [0.25, 0.3) is 0 Å². The summed E-state index contributed by atoms with van der Waals surface area (Å²) in [6.07, 6.45) is 7.25. The number of pyridine rings is 1. The highest BCUT2D eigenvalue weighted by Gasteiger charge is 2.27. The predicted octanol–water partition coefficient (Wildman–Crippen LogP) is 3.45. The van der Waals surface area contributed by atoms with Crippen molar-refractivity contribution in [1.82, 2.24) is 9.88 Å². The number of likely N-dealkylation sites (tertiary alicyclic amines) is 1. The number of piperidine rings is 2. The second-order valence-corrected chi connectivity index (χ2v) is 6.62. The Labute approximate surface area is 133 Å². The van der Waals surface area contributed by atoms with Crippen LogP contribution in [-0.4, -0.2) is 35.4 Å². The molecule has 1 amide bonds. The Bertz CT molecular complexity index is 537. The second-order valence-electron chi connectivity index (χ2n) is 6.62. The minimum Gasteiger partial charge on any atom is -0.357 e. The molecule has 0 N–H and O–H groups in total. The van der Waals surface area contributed by atoms with E-state index in [-0.39, 0.29) is 11.9 Å². The normalized spacial score (nSPS) is 22.7. The summed E-state index contributed by atoms with van der Waals surface area (Å²) in [7, 11) is 0. The molecule has 0 bridgehead atoms. The number of hydrogen-bond donors (Lipinski definition) is 0. The van der Waals surface area contributed by atoms with E-state index in [1.54, 1.807) is 6.92 Å². The number of rotatable bonds is 2. The zero-order valence-corrected chi connectivity index (χ0v) is 13.8. The van der Waals surface area contributed by atoms with Crippen LogP contribution in [-0.2, 0) is 4.79 Å². The molecule has 3 heterocycles. The highest BCUT2D eigenvalue weighted by Crippen LogP contribution is 2.33. The number of aromatic nitrogens is 1. The van der Waals surface area contributed by atoms with Gasteiger partial charge in [-0.05, 0) is 57.1 Å². The van der Waals surface area contributed by atoms with E-state index in [2.05, 4.69) is 24.0 Å². The first-order valence-corrected chi connectivity index (χ1v) is 8.66. The van der Waals surface area contributed by atoms with Gasteiger partial charge in [-0.2, -0.15) is 0 Å². The average Bonchev–Trinajstić information content (AvgIpc) is 2.55. The highest BCUT2D eigenvalue weighted by molar-refractivity contribution is 5.74. The predicted molar refractivity (Wildman–Crippen MR) is 89.0 cm³/mol. The standard InChI is InChI=1S/C18H27N3O/c1-14-16(17-8-4-7-13-21(17)15(2)22)9-10-18(19-14)20-11-5-3-6-12-20/h9-10,17H,3-8,11-13H2,1-2H3/t17-/m1/s1. The molecule has 22 heavy (non-hydrogen) atoms. The van der Waals surface area contributed by atoms with E-state index in [1.165, 1.54) is 31.2 Å². The van der Waals surface area contributed by atoms with E-state index in [4.69, 9.17) is 4.98 Å². The van der Waals surface area contributed by atoms with Crippen LogP contribution in [0.5, 0.6) is 0 Å². The van der Waals surface area contributed by atoms with Gasteiger partial charge in [-0.1, -0.05) is 6.07 Å². The van der Waals surface area contributed by atoms with Crippen LogP contribution in [0.2, 0.25) is 0 Å². The molecule has 0 saturated carbocycles. The molecule has 0 radical (unpaired) electrons. The maximum atomic E-state index is 11.9. The fourth-order valence-corrected chi connectivity index (χ4v) is 3.84. The van der Waals surface area contributed by atoms with Gasteiger partial charge in [0, 0.05) is 32.3 Å². The van der Waals surface area contributed by atoms with Crippen molar-refractivity contribution in [3.63, 3.8) is 0 Å². The van der Waals surface area contributed by atoms with Gasteiger partial charge in [-0.3, -0.25) is 4.79 Å². The maximum Gasteiger partial charge on any atom is 0.219 e. The summed E-state index contributed by atoms with van der Waals surface area (Å²) in [5.41, 5.74) is 2.32. The molecule has 3 rings (SSSR count). The average molecular weight is 301 g/mol. The van der Waals surface area contributed by atoms with Crippen molar-refractivity contribution in [3.8, 4) is 0 Å². The molecular weight excluding hydrogens is 274 g/mol. The van der Waals surface area contributed by atoms with E-state index in [1.807, 2.05) is 4.90 Å². The monoisotopic (exact) mass is 301 g/mol. The lowest BCUT2D eigenvalue weighted by Gasteiger charge is -2.36. The molecule has 2 aliphatic heterocycles. The van der Waals surface area contributed by atoms with Gasteiger partial charge in [0.15, 0.2) is 0 Å². The first kappa shape index (κ1) is 15.3. The van der Waals surface area contributed by atoms with E-state index in [9.17, 15) is 4.79 Å². The van der Waals surface area contributed by atoms with Crippen LogP contribution < -0.4 is 4.90 Å². The Morgan fingerprint density at radius 3 is 2.50 bits per heavy atom. The topological polar surface area (TPSA) is 36.4 Å². The molecule has 0 aliphatic carbocycles. The first-order valence-electron chi connectivity index (χ1n) is 8.66. The Hall–Kier alpha value is -1.58. The molecule has 4 heteroatoms. The Morgan fingerprint density at radius 2 is 1.82 bits per heavy atom. The van der Waals surface area contributed by atoms with Gasteiger partial charge in [-0.25, -0.2) is 4.98 Å². The largest absolute Gasteiger partial charge is 0.357 e. The van der Waals surface area contributed by atoms with Crippen LogP contribution in [0.15, 0.2) is 12.1 Å². The van der Waals surface area contributed by atoms with Gasteiger partial charge < -0.3 is 9.80 Å². The van der Waals surface area contributed by atoms with Crippen molar-refractivity contribution in [2.24, 2.45) is 0 Å². The molecule has 0 spiro atoms. The van der Waals surface area contributed by atoms with Crippen LogP contribution in [0, 0.1) is 6.92 Å². The quantitative estimate of drug-likeness (QED) is 0.839. The zero-order valence-electron chi connectivity index (χ0n) is 13.8. The molecule has 2 saturated heterocycles. The summed E-state index contributed by atoms with van der Waals surface area (Å²) in [6, 6.07) is 4.58. The second kappa shape index (κ2) is 6.67. The lowest BCUT2D eigenvalue weighted by Crippen LogP contribution is -2.37. The first-order chi connectivity index (χ1) is 10.7. The number of aryl methyl sites for hydroxylation is 1. The van der Waals surface area contributed by atoms with Gasteiger partial charge in [0.05, 0.1) is 6.04 Å². The number of hydrogen-bond acceptors (Lipinski definition) is 3. The smallest absolute Gasteiger partial charge is 0.219 e. The van der Waals surface area contributed by atoms with Crippen molar-refractivity contribution in [2.75, 3.05) is 24.5 Å². The minimum absolute atomic E-state index is 0.184. The molecule has 120 valence electrons. The molecular formula is C18H27N3O. The minimum atomic E-state index is 0.184. The third kappa shape index (κ3) is 3.11.